The molecule has 0 spiro atoms. The van der Waals surface area contributed by atoms with Crippen LogP contribution in [0.4, 0.5) is 0 Å². The summed E-state index contributed by atoms with van der Waals surface area (Å²) in [4.78, 5) is 0. The number of phenols is 1. The lowest BCUT2D eigenvalue weighted by Gasteiger charge is -2.15. The number of para-hydroxylation sites is 1. The van der Waals surface area contributed by atoms with Crippen LogP contribution < -0.4 is 5.32 Å². The lowest BCUT2D eigenvalue weighted by Crippen LogP contribution is -2.21. The van der Waals surface area contributed by atoms with Gasteiger partial charge in [-0.15, -0.1) is 0 Å². The molecule has 2 nitrogen and oxygen atoms in total. The molecular weight excluding hydrogens is 186 g/mol. The Bertz CT molecular complexity index is 337. The molecule has 82 valence electrons. The normalized spacial score (nSPS) is 26.3. The molecule has 0 radical (unpaired) electrons. The van der Waals surface area contributed by atoms with Crippen LogP contribution in [-0.4, -0.2) is 11.7 Å². The van der Waals surface area contributed by atoms with Gasteiger partial charge in [-0.05, 0) is 37.8 Å². The Labute approximate surface area is 91.3 Å². The molecule has 0 aromatic heterocycles. The van der Waals surface area contributed by atoms with Gasteiger partial charge in [0.1, 0.15) is 5.75 Å². The van der Waals surface area contributed by atoms with Gasteiger partial charge in [0, 0.05) is 11.6 Å². The smallest absolute Gasteiger partial charge is 0.120 e. The molecule has 0 bridgehead atoms. The largest absolute Gasteiger partial charge is 0.508 e. The molecule has 15 heavy (non-hydrogen) atoms. The van der Waals surface area contributed by atoms with E-state index in [0.717, 1.165) is 23.9 Å². The fourth-order valence-electron chi connectivity index (χ4n) is 1.98. The first kappa shape index (κ1) is 10.5. The summed E-state index contributed by atoms with van der Waals surface area (Å²) >= 11 is 0. The summed E-state index contributed by atoms with van der Waals surface area (Å²) in [6.45, 7) is 5.45. The standard InChI is InChI=1S/C13H19NO/c1-9-7-11(9)8-14-10(2)12-5-3-4-6-13(12)15/h3-6,9-11,14-15H,7-8H2,1-2H3. The van der Waals surface area contributed by atoms with Crippen molar-refractivity contribution in [2.45, 2.75) is 26.3 Å². The van der Waals surface area contributed by atoms with Gasteiger partial charge in [0.25, 0.3) is 0 Å². The van der Waals surface area contributed by atoms with Gasteiger partial charge in [0.05, 0.1) is 0 Å². The topological polar surface area (TPSA) is 32.3 Å². The second-order valence-corrected chi connectivity index (χ2v) is 4.66. The Kier molecular flexibility index (Phi) is 2.96. The van der Waals surface area contributed by atoms with Crippen LogP contribution >= 0.6 is 0 Å². The number of benzene rings is 1. The number of hydrogen-bond donors (Lipinski definition) is 2. The SMILES string of the molecule is CC(NCC1CC1C)c1ccccc1O. The number of hydrogen-bond acceptors (Lipinski definition) is 2. The van der Waals surface area contributed by atoms with E-state index in [-0.39, 0.29) is 6.04 Å². The van der Waals surface area contributed by atoms with Crippen LogP contribution in [0.1, 0.15) is 31.9 Å². The molecule has 0 amide bonds. The first-order valence-corrected chi connectivity index (χ1v) is 5.69. The van der Waals surface area contributed by atoms with E-state index in [0.29, 0.717) is 5.75 Å². The highest BCUT2D eigenvalue weighted by atomic mass is 16.3. The molecule has 1 aromatic carbocycles. The molecule has 2 heteroatoms. The minimum atomic E-state index is 0.235. The first-order valence-electron chi connectivity index (χ1n) is 5.69. The molecule has 1 saturated carbocycles. The Hall–Kier alpha value is -1.02. The third kappa shape index (κ3) is 2.51. The highest BCUT2D eigenvalue weighted by Crippen LogP contribution is 2.37. The van der Waals surface area contributed by atoms with Gasteiger partial charge in [-0.3, -0.25) is 0 Å². The van der Waals surface area contributed by atoms with Gasteiger partial charge in [-0.1, -0.05) is 25.1 Å². The monoisotopic (exact) mass is 205 g/mol. The lowest BCUT2D eigenvalue weighted by molar-refractivity contribution is 0.449. The Morgan fingerprint density at radius 2 is 2.13 bits per heavy atom. The molecule has 0 heterocycles. The van der Waals surface area contributed by atoms with Gasteiger partial charge in [-0.2, -0.15) is 0 Å². The zero-order valence-corrected chi connectivity index (χ0v) is 9.40. The molecule has 2 N–H and O–H groups in total. The van der Waals surface area contributed by atoms with E-state index in [9.17, 15) is 5.11 Å². The van der Waals surface area contributed by atoms with Crippen LogP contribution in [0.3, 0.4) is 0 Å². The van der Waals surface area contributed by atoms with E-state index in [2.05, 4.69) is 19.2 Å². The van der Waals surface area contributed by atoms with Crippen LogP contribution in [0.2, 0.25) is 0 Å². The van der Waals surface area contributed by atoms with Crippen LogP contribution in [0.5, 0.6) is 5.75 Å². The minimum Gasteiger partial charge on any atom is -0.508 e. The molecular formula is C13H19NO. The summed E-state index contributed by atoms with van der Waals surface area (Å²) in [5.74, 6) is 2.12. The summed E-state index contributed by atoms with van der Waals surface area (Å²) in [6, 6.07) is 7.77. The zero-order chi connectivity index (χ0) is 10.8. The fraction of sp³-hybridized carbons (Fsp3) is 0.538. The highest BCUT2D eigenvalue weighted by molar-refractivity contribution is 5.34. The maximum atomic E-state index is 9.67. The van der Waals surface area contributed by atoms with E-state index in [4.69, 9.17) is 0 Å². The van der Waals surface area contributed by atoms with Gasteiger partial charge in [-0.25, -0.2) is 0 Å². The third-order valence-electron chi connectivity index (χ3n) is 3.37. The lowest BCUT2D eigenvalue weighted by atomic mass is 10.1. The van der Waals surface area contributed by atoms with Crippen molar-refractivity contribution in [1.29, 1.82) is 0 Å². The molecule has 1 aliphatic carbocycles. The molecule has 1 aliphatic rings. The van der Waals surface area contributed by atoms with Crippen molar-refractivity contribution in [3.8, 4) is 5.75 Å². The van der Waals surface area contributed by atoms with Crippen LogP contribution in [0, 0.1) is 11.8 Å². The van der Waals surface area contributed by atoms with Gasteiger partial charge < -0.3 is 10.4 Å². The van der Waals surface area contributed by atoms with Gasteiger partial charge in [0.2, 0.25) is 0 Å². The summed E-state index contributed by atoms with van der Waals surface area (Å²) in [5.41, 5.74) is 0.991. The Morgan fingerprint density at radius 3 is 2.73 bits per heavy atom. The molecule has 1 aromatic rings. The average Bonchev–Trinajstić information content (AvgIpc) is 2.92. The van der Waals surface area contributed by atoms with Crippen molar-refractivity contribution in [2.75, 3.05) is 6.54 Å². The quantitative estimate of drug-likeness (QED) is 0.792. The van der Waals surface area contributed by atoms with Crippen molar-refractivity contribution in [2.24, 2.45) is 11.8 Å². The molecule has 2 rings (SSSR count). The van der Waals surface area contributed by atoms with E-state index >= 15 is 0 Å². The van der Waals surface area contributed by atoms with Crippen molar-refractivity contribution in [3.05, 3.63) is 29.8 Å². The molecule has 3 atom stereocenters. The molecule has 0 aliphatic heterocycles. The number of rotatable bonds is 4. The average molecular weight is 205 g/mol. The number of aromatic hydroxyl groups is 1. The summed E-state index contributed by atoms with van der Waals surface area (Å²) in [7, 11) is 0. The van der Waals surface area contributed by atoms with Crippen molar-refractivity contribution in [3.63, 3.8) is 0 Å². The van der Waals surface area contributed by atoms with E-state index in [1.165, 1.54) is 6.42 Å². The minimum absolute atomic E-state index is 0.235. The zero-order valence-electron chi connectivity index (χ0n) is 9.40. The van der Waals surface area contributed by atoms with E-state index in [1.54, 1.807) is 6.07 Å². The van der Waals surface area contributed by atoms with Crippen LogP contribution in [0.25, 0.3) is 0 Å². The second-order valence-electron chi connectivity index (χ2n) is 4.66. The maximum absolute atomic E-state index is 9.67. The number of nitrogens with one attached hydrogen (secondary N) is 1. The fourth-order valence-corrected chi connectivity index (χ4v) is 1.98. The van der Waals surface area contributed by atoms with Gasteiger partial charge in [0.15, 0.2) is 0 Å². The molecule has 1 fully saturated rings. The third-order valence-corrected chi connectivity index (χ3v) is 3.37. The highest BCUT2D eigenvalue weighted by Gasteiger charge is 2.32. The predicted octanol–water partition coefficient (Wildman–Crippen LogP) is 2.70. The van der Waals surface area contributed by atoms with Crippen LogP contribution in [-0.2, 0) is 0 Å². The van der Waals surface area contributed by atoms with E-state index < -0.39 is 0 Å². The van der Waals surface area contributed by atoms with E-state index in [1.807, 2.05) is 18.2 Å². The van der Waals surface area contributed by atoms with Crippen molar-refractivity contribution < 1.29 is 5.11 Å². The molecule has 0 saturated heterocycles. The summed E-state index contributed by atoms with van der Waals surface area (Å²) in [5, 5.41) is 13.1. The molecule has 3 unspecified atom stereocenters. The first-order chi connectivity index (χ1) is 7.18. The summed E-state index contributed by atoms with van der Waals surface area (Å²) < 4.78 is 0. The summed E-state index contributed by atoms with van der Waals surface area (Å²) in [6.07, 6.45) is 1.35. The Balaban J connectivity index is 1.90. The predicted molar refractivity (Wildman–Crippen MR) is 61.8 cm³/mol. The number of phenolic OH excluding ortho intramolecular Hbond substituents is 1. The maximum Gasteiger partial charge on any atom is 0.120 e. The van der Waals surface area contributed by atoms with Crippen molar-refractivity contribution in [1.82, 2.24) is 5.32 Å². The Morgan fingerprint density at radius 1 is 1.47 bits per heavy atom. The van der Waals surface area contributed by atoms with Crippen molar-refractivity contribution >= 4 is 0 Å². The van der Waals surface area contributed by atoms with Gasteiger partial charge >= 0.3 is 0 Å². The second kappa shape index (κ2) is 4.23. The van der Waals surface area contributed by atoms with Crippen LogP contribution in [0.15, 0.2) is 24.3 Å².